The minimum absolute atomic E-state index is 0.185. The van der Waals surface area contributed by atoms with E-state index in [1.807, 2.05) is 0 Å². The maximum Gasteiger partial charge on any atom is 0.0503 e. The lowest BCUT2D eigenvalue weighted by atomic mass is 9.76. The van der Waals surface area contributed by atoms with Crippen molar-refractivity contribution in [2.45, 2.75) is 44.6 Å². The van der Waals surface area contributed by atoms with Gasteiger partial charge in [-0.3, -0.25) is 11.3 Å². The van der Waals surface area contributed by atoms with E-state index in [0.29, 0.717) is 0 Å². The van der Waals surface area contributed by atoms with Crippen molar-refractivity contribution >= 4 is 0 Å². The Hall–Kier alpha value is -1.64. The molecule has 0 aromatic heterocycles. The first-order chi connectivity index (χ1) is 10.3. The first-order valence-electron chi connectivity index (χ1n) is 7.88. The van der Waals surface area contributed by atoms with Crippen LogP contribution in [0.15, 0.2) is 48.5 Å². The van der Waals surface area contributed by atoms with Gasteiger partial charge in [0.25, 0.3) is 0 Å². The third-order valence-corrected chi connectivity index (χ3v) is 4.68. The van der Waals surface area contributed by atoms with Crippen LogP contribution in [-0.2, 0) is 6.42 Å². The molecule has 0 radical (unpaired) electrons. The van der Waals surface area contributed by atoms with E-state index < -0.39 is 0 Å². The van der Waals surface area contributed by atoms with Crippen molar-refractivity contribution in [1.82, 2.24) is 5.43 Å². The maximum atomic E-state index is 5.86. The molecule has 1 fully saturated rings. The molecule has 2 aromatic rings. The van der Waals surface area contributed by atoms with Crippen molar-refractivity contribution in [3.05, 3.63) is 70.8 Å². The molecule has 2 heteroatoms. The molecule has 0 heterocycles. The van der Waals surface area contributed by atoms with Crippen LogP contribution in [0.25, 0.3) is 0 Å². The van der Waals surface area contributed by atoms with Crippen LogP contribution in [0.5, 0.6) is 0 Å². The van der Waals surface area contributed by atoms with E-state index in [1.54, 1.807) is 0 Å². The van der Waals surface area contributed by atoms with Gasteiger partial charge in [-0.15, -0.1) is 0 Å². The topological polar surface area (TPSA) is 38.0 Å². The fraction of sp³-hybridized carbons (Fsp3) is 0.368. The molecule has 1 unspecified atom stereocenters. The highest BCUT2D eigenvalue weighted by molar-refractivity contribution is 5.35. The van der Waals surface area contributed by atoms with Crippen molar-refractivity contribution in [3.8, 4) is 0 Å². The zero-order chi connectivity index (χ0) is 14.7. The van der Waals surface area contributed by atoms with Crippen LogP contribution < -0.4 is 11.3 Å². The molecule has 0 spiro atoms. The number of nitrogens with one attached hydrogen (secondary N) is 1. The Morgan fingerprint density at radius 1 is 1.10 bits per heavy atom. The maximum absolute atomic E-state index is 5.86. The van der Waals surface area contributed by atoms with E-state index in [0.717, 1.165) is 12.3 Å². The molecular formula is C19H24N2. The lowest BCUT2D eigenvalue weighted by molar-refractivity contribution is 0.411. The minimum Gasteiger partial charge on any atom is -0.271 e. The largest absolute Gasteiger partial charge is 0.271 e. The average molecular weight is 280 g/mol. The molecule has 3 rings (SSSR count). The van der Waals surface area contributed by atoms with Crippen LogP contribution in [0, 0.1) is 6.92 Å². The predicted octanol–water partition coefficient (Wildman–Crippen LogP) is 4.01. The summed E-state index contributed by atoms with van der Waals surface area (Å²) in [5.41, 5.74) is 8.50. The summed E-state index contributed by atoms with van der Waals surface area (Å²) in [6.07, 6.45) is 4.93. The van der Waals surface area contributed by atoms with Crippen LogP contribution >= 0.6 is 0 Å². The summed E-state index contributed by atoms with van der Waals surface area (Å²) in [6.45, 7) is 2.12. The Kier molecular flexibility index (Phi) is 4.37. The zero-order valence-electron chi connectivity index (χ0n) is 12.7. The fourth-order valence-electron chi connectivity index (χ4n) is 3.14. The lowest BCUT2D eigenvalue weighted by Gasteiger charge is -2.30. The van der Waals surface area contributed by atoms with Gasteiger partial charge >= 0.3 is 0 Å². The van der Waals surface area contributed by atoms with Crippen molar-refractivity contribution in [1.29, 1.82) is 0 Å². The normalized spacial score (nSPS) is 16.5. The zero-order valence-corrected chi connectivity index (χ0v) is 12.7. The van der Waals surface area contributed by atoms with E-state index in [4.69, 9.17) is 5.84 Å². The second-order valence-corrected chi connectivity index (χ2v) is 6.17. The summed E-state index contributed by atoms with van der Waals surface area (Å²) in [6, 6.07) is 17.7. The highest BCUT2D eigenvalue weighted by Crippen LogP contribution is 2.39. The molecule has 0 bridgehead atoms. The van der Waals surface area contributed by atoms with Gasteiger partial charge in [0.05, 0.1) is 6.04 Å². The predicted molar refractivity (Wildman–Crippen MR) is 88.0 cm³/mol. The van der Waals surface area contributed by atoms with E-state index in [1.165, 1.54) is 41.5 Å². The van der Waals surface area contributed by atoms with Crippen LogP contribution in [-0.4, -0.2) is 0 Å². The Morgan fingerprint density at radius 2 is 1.81 bits per heavy atom. The standard InChI is InChI=1S/C19H24N2/c1-14-9-11-15(12-10-14)13-19(21-20)18-8-3-2-7-17(18)16-5-4-6-16/h2-3,7-12,16,19,21H,4-6,13,20H2,1H3. The second-order valence-electron chi connectivity index (χ2n) is 6.17. The molecule has 0 saturated heterocycles. The number of hydrogen-bond donors (Lipinski definition) is 2. The quantitative estimate of drug-likeness (QED) is 0.641. The summed E-state index contributed by atoms with van der Waals surface area (Å²) in [4.78, 5) is 0. The summed E-state index contributed by atoms with van der Waals surface area (Å²) in [7, 11) is 0. The van der Waals surface area contributed by atoms with Gasteiger partial charge < -0.3 is 0 Å². The molecule has 21 heavy (non-hydrogen) atoms. The van der Waals surface area contributed by atoms with Crippen LogP contribution in [0.1, 0.15) is 53.5 Å². The van der Waals surface area contributed by atoms with Gasteiger partial charge in [-0.05, 0) is 48.8 Å². The van der Waals surface area contributed by atoms with Crippen molar-refractivity contribution < 1.29 is 0 Å². The molecule has 110 valence electrons. The number of rotatable bonds is 5. The molecular weight excluding hydrogens is 256 g/mol. The Balaban J connectivity index is 1.84. The van der Waals surface area contributed by atoms with Crippen LogP contribution in [0.2, 0.25) is 0 Å². The van der Waals surface area contributed by atoms with E-state index in [9.17, 15) is 0 Å². The minimum atomic E-state index is 0.185. The van der Waals surface area contributed by atoms with E-state index in [-0.39, 0.29) is 6.04 Å². The van der Waals surface area contributed by atoms with Crippen LogP contribution in [0.4, 0.5) is 0 Å². The fourth-order valence-corrected chi connectivity index (χ4v) is 3.14. The van der Waals surface area contributed by atoms with Gasteiger partial charge in [0.2, 0.25) is 0 Å². The van der Waals surface area contributed by atoms with Gasteiger partial charge in [0.15, 0.2) is 0 Å². The Labute approximate surface area is 127 Å². The summed E-state index contributed by atoms with van der Waals surface area (Å²) >= 11 is 0. The number of aryl methyl sites for hydroxylation is 1. The molecule has 2 nitrogen and oxygen atoms in total. The number of hydrazine groups is 1. The van der Waals surface area contributed by atoms with Crippen LogP contribution in [0.3, 0.4) is 0 Å². The third kappa shape index (κ3) is 3.17. The molecule has 1 saturated carbocycles. The summed E-state index contributed by atoms with van der Waals surface area (Å²) in [5.74, 6) is 6.59. The molecule has 0 aliphatic heterocycles. The SMILES string of the molecule is Cc1ccc(CC(NN)c2ccccc2C2CCC2)cc1. The monoisotopic (exact) mass is 280 g/mol. The molecule has 1 atom stereocenters. The van der Waals surface area contributed by atoms with Gasteiger partial charge in [-0.2, -0.15) is 0 Å². The second kappa shape index (κ2) is 6.42. The first kappa shape index (κ1) is 14.3. The number of nitrogens with two attached hydrogens (primary N) is 1. The van der Waals surface area contributed by atoms with E-state index >= 15 is 0 Å². The van der Waals surface area contributed by atoms with E-state index in [2.05, 4.69) is 60.9 Å². The molecule has 0 amide bonds. The summed E-state index contributed by atoms with van der Waals surface area (Å²) in [5, 5.41) is 0. The molecule has 2 aromatic carbocycles. The Bertz CT molecular complexity index is 585. The first-order valence-corrected chi connectivity index (χ1v) is 7.88. The highest BCUT2D eigenvalue weighted by atomic mass is 15.2. The highest BCUT2D eigenvalue weighted by Gasteiger charge is 2.24. The average Bonchev–Trinajstić information content (AvgIpc) is 2.46. The molecule has 1 aliphatic carbocycles. The molecule has 3 N–H and O–H groups in total. The van der Waals surface area contributed by atoms with Gasteiger partial charge in [0.1, 0.15) is 0 Å². The van der Waals surface area contributed by atoms with Crippen molar-refractivity contribution in [2.75, 3.05) is 0 Å². The van der Waals surface area contributed by atoms with Crippen molar-refractivity contribution in [2.24, 2.45) is 5.84 Å². The number of hydrogen-bond acceptors (Lipinski definition) is 2. The van der Waals surface area contributed by atoms with Gasteiger partial charge in [-0.25, -0.2) is 0 Å². The van der Waals surface area contributed by atoms with Gasteiger partial charge in [-0.1, -0.05) is 60.5 Å². The van der Waals surface area contributed by atoms with Crippen molar-refractivity contribution in [3.63, 3.8) is 0 Å². The summed E-state index contributed by atoms with van der Waals surface area (Å²) < 4.78 is 0. The van der Waals surface area contributed by atoms with Gasteiger partial charge in [0, 0.05) is 0 Å². The smallest absolute Gasteiger partial charge is 0.0503 e. The molecule has 1 aliphatic rings. The Morgan fingerprint density at radius 3 is 2.43 bits per heavy atom. The number of benzene rings is 2. The third-order valence-electron chi connectivity index (χ3n) is 4.68. The lowest BCUT2D eigenvalue weighted by Crippen LogP contribution is -2.31.